The molecule has 21 heavy (non-hydrogen) atoms. The van der Waals surface area contributed by atoms with Gasteiger partial charge in [-0.15, -0.1) is 0 Å². The van der Waals surface area contributed by atoms with E-state index in [1.807, 2.05) is 0 Å². The summed E-state index contributed by atoms with van der Waals surface area (Å²) in [5.41, 5.74) is -0.0802. The molecule has 2 aliphatic rings. The van der Waals surface area contributed by atoms with Crippen molar-refractivity contribution in [3.8, 4) is 11.5 Å². The number of nitrogens with one attached hydrogen (secondary N) is 1. The van der Waals surface area contributed by atoms with Crippen LogP contribution in [-0.2, 0) is 4.79 Å². The van der Waals surface area contributed by atoms with Crippen LogP contribution < -0.4 is 5.32 Å². The summed E-state index contributed by atoms with van der Waals surface area (Å²) >= 11 is 0. The Morgan fingerprint density at radius 2 is 1.81 bits per heavy atom. The Bertz CT molecular complexity index is 571. The molecule has 0 aliphatic carbocycles. The van der Waals surface area contributed by atoms with Gasteiger partial charge in [0.1, 0.15) is 17.1 Å². The third kappa shape index (κ3) is 2.41. The third-order valence-corrected chi connectivity index (χ3v) is 4.54. The number of hydrogen-bond donors (Lipinski definition) is 3. The average molecular weight is 290 g/mol. The lowest BCUT2D eigenvalue weighted by atomic mass is 9.77. The molecule has 0 aromatic heterocycles. The predicted molar refractivity (Wildman–Crippen MR) is 75.0 cm³/mol. The molecule has 0 radical (unpaired) electrons. The molecule has 2 fully saturated rings. The lowest BCUT2D eigenvalue weighted by Crippen LogP contribution is -2.44. The standard InChI is InChI=1S/C15H18N2O4/c18-10-2-1-3-11(19)13(10)14(21)17-6-4-15(5-7-17)8-12(20)16-9-15/h1-3,18-19H,4-9H2,(H,16,20). The number of rotatable bonds is 1. The van der Waals surface area contributed by atoms with E-state index in [9.17, 15) is 19.8 Å². The van der Waals surface area contributed by atoms with E-state index in [1.165, 1.54) is 18.2 Å². The molecule has 1 aromatic rings. The van der Waals surface area contributed by atoms with Gasteiger partial charge in [-0.05, 0) is 30.4 Å². The Morgan fingerprint density at radius 1 is 1.19 bits per heavy atom. The van der Waals surface area contributed by atoms with Crippen molar-refractivity contribution < 1.29 is 19.8 Å². The zero-order valence-corrected chi connectivity index (χ0v) is 11.6. The van der Waals surface area contributed by atoms with Gasteiger partial charge in [0.25, 0.3) is 5.91 Å². The molecule has 2 aliphatic heterocycles. The second kappa shape index (κ2) is 4.95. The molecule has 0 saturated carbocycles. The highest BCUT2D eigenvalue weighted by atomic mass is 16.3. The van der Waals surface area contributed by atoms with Crippen LogP contribution in [0, 0.1) is 5.41 Å². The summed E-state index contributed by atoms with van der Waals surface area (Å²) in [6, 6.07) is 4.26. The Hall–Kier alpha value is -2.24. The van der Waals surface area contributed by atoms with Crippen LogP contribution >= 0.6 is 0 Å². The van der Waals surface area contributed by atoms with Crippen molar-refractivity contribution in [2.45, 2.75) is 19.3 Å². The molecule has 1 spiro atoms. The van der Waals surface area contributed by atoms with Crippen molar-refractivity contribution in [1.82, 2.24) is 10.2 Å². The largest absolute Gasteiger partial charge is 0.507 e. The topological polar surface area (TPSA) is 89.9 Å². The number of hydrogen-bond acceptors (Lipinski definition) is 4. The van der Waals surface area contributed by atoms with Crippen LogP contribution in [0.15, 0.2) is 18.2 Å². The van der Waals surface area contributed by atoms with Gasteiger partial charge in [-0.1, -0.05) is 6.07 Å². The molecule has 112 valence electrons. The summed E-state index contributed by atoms with van der Waals surface area (Å²) in [6.07, 6.45) is 2.04. The molecule has 3 N–H and O–H groups in total. The molecule has 2 heterocycles. The van der Waals surface area contributed by atoms with Gasteiger partial charge in [0.15, 0.2) is 0 Å². The maximum Gasteiger partial charge on any atom is 0.261 e. The first-order valence-corrected chi connectivity index (χ1v) is 7.08. The van der Waals surface area contributed by atoms with Crippen molar-refractivity contribution in [1.29, 1.82) is 0 Å². The number of carbonyl (C=O) groups is 2. The van der Waals surface area contributed by atoms with Crippen molar-refractivity contribution in [2.75, 3.05) is 19.6 Å². The van der Waals surface area contributed by atoms with Crippen LogP contribution in [0.3, 0.4) is 0 Å². The van der Waals surface area contributed by atoms with Gasteiger partial charge in [0, 0.05) is 26.1 Å². The number of aromatic hydroxyl groups is 2. The maximum absolute atomic E-state index is 12.4. The summed E-state index contributed by atoms with van der Waals surface area (Å²) < 4.78 is 0. The molecule has 3 rings (SSSR count). The van der Waals surface area contributed by atoms with E-state index in [4.69, 9.17) is 0 Å². The summed E-state index contributed by atoms with van der Waals surface area (Å²) in [4.78, 5) is 25.4. The van der Waals surface area contributed by atoms with E-state index in [0.717, 1.165) is 12.8 Å². The highest BCUT2D eigenvalue weighted by Crippen LogP contribution is 2.38. The first-order chi connectivity index (χ1) is 10.0. The molecule has 1 aromatic carbocycles. The van der Waals surface area contributed by atoms with Crippen molar-refractivity contribution in [3.63, 3.8) is 0 Å². The van der Waals surface area contributed by atoms with Gasteiger partial charge in [0.2, 0.25) is 5.91 Å². The number of carbonyl (C=O) groups excluding carboxylic acids is 2. The van der Waals surface area contributed by atoms with Crippen LogP contribution in [0.25, 0.3) is 0 Å². The smallest absolute Gasteiger partial charge is 0.261 e. The number of phenolic OH excluding ortho intramolecular Hbond substituents is 2. The van der Waals surface area contributed by atoms with Crippen LogP contribution in [0.5, 0.6) is 11.5 Å². The molecular weight excluding hydrogens is 272 g/mol. The SMILES string of the molecule is O=C1CC2(CCN(C(=O)c3c(O)cccc3O)CC2)CN1. The number of phenols is 2. The minimum Gasteiger partial charge on any atom is -0.507 e. The lowest BCUT2D eigenvalue weighted by molar-refractivity contribution is -0.119. The number of amides is 2. The first kappa shape index (κ1) is 13.7. The molecular formula is C15H18N2O4. The summed E-state index contributed by atoms with van der Waals surface area (Å²) in [6.45, 7) is 1.73. The highest BCUT2D eigenvalue weighted by Gasteiger charge is 2.42. The minimum atomic E-state index is -0.363. The fraction of sp³-hybridized carbons (Fsp3) is 0.467. The third-order valence-electron chi connectivity index (χ3n) is 4.54. The van der Waals surface area contributed by atoms with E-state index in [2.05, 4.69) is 5.32 Å². The van der Waals surface area contributed by atoms with Crippen LogP contribution in [-0.4, -0.2) is 46.6 Å². The normalized spacial score (nSPS) is 20.6. The zero-order valence-electron chi connectivity index (χ0n) is 11.6. The van der Waals surface area contributed by atoms with E-state index in [1.54, 1.807) is 4.90 Å². The maximum atomic E-state index is 12.4. The second-order valence-electron chi connectivity index (χ2n) is 5.92. The minimum absolute atomic E-state index is 0.0331. The summed E-state index contributed by atoms with van der Waals surface area (Å²) in [7, 11) is 0. The van der Waals surface area contributed by atoms with Crippen LogP contribution in [0.2, 0.25) is 0 Å². The molecule has 0 unspecified atom stereocenters. The molecule has 2 amide bonds. The number of benzene rings is 1. The second-order valence-corrected chi connectivity index (χ2v) is 5.92. The van der Waals surface area contributed by atoms with Crippen LogP contribution in [0.4, 0.5) is 0 Å². The summed E-state index contributed by atoms with van der Waals surface area (Å²) in [5, 5.41) is 22.4. The first-order valence-electron chi connectivity index (χ1n) is 7.08. The highest BCUT2D eigenvalue weighted by molar-refractivity contribution is 5.99. The monoisotopic (exact) mass is 290 g/mol. The number of nitrogens with zero attached hydrogens (tertiary/aromatic N) is 1. The van der Waals surface area contributed by atoms with E-state index >= 15 is 0 Å². The molecule has 6 nitrogen and oxygen atoms in total. The molecule has 6 heteroatoms. The average Bonchev–Trinajstić information content (AvgIpc) is 2.80. The van der Waals surface area contributed by atoms with Gasteiger partial charge in [-0.2, -0.15) is 0 Å². The fourth-order valence-corrected chi connectivity index (χ4v) is 3.19. The molecule has 0 atom stereocenters. The van der Waals surface area contributed by atoms with Gasteiger partial charge >= 0.3 is 0 Å². The Balaban J connectivity index is 1.72. The number of piperidine rings is 1. The van der Waals surface area contributed by atoms with Gasteiger partial charge in [-0.25, -0.2) is 0 Å². The van der Waals surface area contributed by atoms with E-state index < -0.39 is 0 Å². The van der Waals surface area contributed by atoms with Gasteiger partial charge < -0.3 is 20.4 Å². The predicted octanol–water partition coefficient (Wildman–Crippen LogP) is 0.840. The Labute approximate surface area is 122 Å². The quantitative estimate of drug-likeness (QED) is 0.715. The molecule has 2 saturated heterocycles. The summed E-state index contributed by atoms with van der Waals surface area (Å²) in [5.74, 6) is -0.707. The van der Waals surface area contributed by atoms with Crippen molar-refractivity contribution in [2.24, 2.45) is 5.41 Å². The number of likely N-dealkylation sites (tertiary alicyclic amines) is 1. The zero-order chi connectivity index (χ0) is 15.0. The van der Waals surface area contributed by atoms with E-state index in [0.29, 0.717) is 26.1 Å². The Morgan fingerprint density at radius 3 is 2.33 bits per heavy atom. The van der Waals surface area contributed by atoms with Gasteiger partial charge in [0.05, 0.1) is 0 Å². The Kier molecular flexibility index (Phi) is 3.23. The van der Waals surface area contributed by atoms with Crippen molar-refractivity contribution >= 4 is 11.8 Å². The molecule has 0 bridgehead atoms. The lowest BCUT2D eigenvalue weighted by Gasteiger charge is -2.38. The van der Waals surface area contributed by atoms with Gasteiger partial charge in [-0.3, -0.25) is 9.59 Å². The van der Waals surface area contributed by atoms with E-state index in [-0.39, 0.29) is 34.3 Å². The van der Waals surface area contributed by atoms with Crippen molar-refractivity contribution in [3.05, 3.63) is 23.8 Å². The fourth-order valence-electron chi connectivity index (χ4n) is 3.19. The van der Waals surface area contributed by atoms with Crippen LogP contribution in [0.1, 0.15) is 29.6 Å².